The fourth-order valence-electron chi connectivity index (χ4n) is 4.14. The quantitative estimate of drug-likeness (QED) is 0.207. The third kappa shape index (κ3) is 7.89. The first-order chi connectivity index (χ1) is 18.6. The lowest BCUT2D eigenvalue weighted by molar-refractivity contribution is 0.0613. The molecule has 38 heavy (non-hydrogen) atoms. The molecule has 0 saturated heterocycles. The van der Waals surface area contributed by atoms with Crippen molar-refractivity contribution in [1.29, 1.82) is 0 Å². The van der Waals surface area contributed by atoms with E-state index in [2.05, 4.69) is 0 Å². The summed E-state index contributed by atoms with van der Waals surface area (Å²) in [4.78, 5) is 25.7. The number of rotatable bonds is 14. The summed E-state index contributed by atoms with van der Waals surface area (Å²) in [5, 5.41) is 10.5. The average Bonchev–Trinajstić information content (AvgIpc) is 2.98. The standard InChI is InChI=1S/C33H32O5/c34-27(23-37-32-17-9-7-15-28(32)30(35)21-19-25-11-3-1-4-12-25)24-38-33-18-10-8-16-29(33)31(36)22-20-26-13-5-2-6-14-26/h1-18,27,34H,19-24H2. The second-order valence-corrected chi connectivity index (χ2v) is 9.09. The lowest BCUT2D eigenvalue weighted by atomic mass is 10.0. The van der Waals surface area contributed by atoms with Gasteiger partial charge in [0.25, 0.3) is 0 Å². The molecule has 0 saturated carbocycles. The summed E-state index contributed by atoms with van der Waals surface area (Å²) in [6.45, 7) is -0.0970. The predicted octanol–water partition coefficient (Wildman–Crippen LogP) is 6.14. The number of hydrogen-bond acceptors (Lipinski definition) is 5. The molecule has 0 atom stereocenters. The molecule has 0 aromatic heterocycles. The van der Waals surface area contributed by atoms with Crippen LogP contribution < -0.4 is 9.47 Å². The molecule has 0 aliphatic heterocycles. The largest absolute Gasteiger partial charge is 0.490 e. The second kappa shape index (κ2) is 13.9. The smallest absolute Gasteiger partial charge is 0.166 e. The number of aryl methyl sites for hydroxylation is 2. The van der Waals surface area contributed by atoms with Gasteiger partial charge in [0.15, 0.2) is 11.6 Å². The number of para-hydroxylation sites is 2. The zero-order valence-electron chi connectivity index (χ0n) is 21.3. The van der Waals surface area contributed by atoms with Gasteiger partial charge in [-0.1, -0.05) is 84.9 Å². The molecule has 0 fully saturated rings. The number of carbonyl (C=O) groups is 2. The van der Waals surface area contributed by atoms with Crippen LogP contribution >= 0.6 is 0 Å². The lowest BCUT2D eigenvalue weighted by Crippen LogP contribution is -2.26. The van der Waals surface area contributed by atoms with E-state index >= 15 is 0 Å². The molecule has 0 amide bonds. The van der Waals surface area contributed by atoms with E-state index in [-0.39, 0.29) is 24.8 Å². The van der Waals surface area contributed by atoms with Crippen molar-refractivity contribution in [2.24, 2.45) is 0 Å². The summed E-state index contributed by atoms with van der Waals surface area (Å²) in [5.41, 5.74) is 3.19. The van der Waals surface area contributed by atoms with E-state index in [1.807, 2.05) is 60.7 Å². The van der Waals surface area contributed by atoms with Gasteiger partial charge in [-0.05, 0) is 48.2 Å². The van der Waals surface area contributed by atoms with Crippen LogP contribution in [0.25, 0.3) is 0 Å². The Bertz CT molecular complexity index is 1210. The van der Waals surface area contributed by atoms with Gasteiger partial charge < -0.3 is 14.6 Å². The predicted molar refractivity (Wildman–Crippen MR) is 148 cm³/mol. The number of ether oxygens (including phenoxy) is 2. The molecule has 0 heterocycles. The van der Waals surface area contributed by atoms with Crippen LogP contribution in [0.5, 0.6) is 11.5 Å². The van der Waals surface area contributed by atoms with E-state index in [1.54, 1.807) is 48.5 Å². The van der Waals surface area contributed by atoms with E-state index in [0.717, 1.165) is 11.1 Å². The van der Waals surface area contributed by atoms with E-state index in [9.17, 15) is 14.7 Å². The molecule has 194 valence electrons. The molecule has 0 aliphatic rings. The first-order valence-corrected chi connectivity index (χ1v) is 12.9. The van der Waals surface area contributed by atoms with Crippen LogP contribution in [-0.4, -0.2) is 36.0 Å². The van der Waals surface area contributed by atoms with Gasteiger partial charge in [-0.25, -0.2) is 0 Å². The molecule has 0 aliphatic carbocycles. The van der Waals surface area contributed by atoms with Crippen molar-refractivity contribution in [3.05, 3.63) is 131 Å². The first kappa shape index (κ1) is 26.8. The van der Waals surface area contributed by atoms with Crippen LogP contribution in [-0.2, 0) is 12.8 Å². The number of carbonyl (C=O) groups excluding carboxylic acids is 2. The number of ketones is 2. The van der Waals surface area contributed by atoms with Gasteiger partial charge in [-0.2, -0.15) is 0 Å². The Hall–Kier alpha value is -4.22. The Morgan fingerprint density at radius 1 is 0.553 bits per heavy atom. The Balaban J connectivity index is 1.29. The normalized spacial score (nSPS) is 10.8. The number of aliphatic hydroxyl groups is 1. The third-order valence-corrected chi connectivity index (χ3v) is 6.20. The highest BCUT2D eigenvalue weighted by molar-refractivity contribution is 5.99. The number of benzene rings is 4. The Labute approximate surface area is 223 Å². The Morgan fingerprint density at radius 3 is 1.34 bits per heavy atom. The highest BCUT2D eigenvalue weighted by Gasteiger charge is 2.16. The number of hydrogen-bond donors (Lipinski definition) is 1. The first-order valence-electron chi connectivity index (χ1n) is 12.9. The molecule has 0 radical (unpaired) electrons. The van der Waals surface area contributed by atoms with Crippen LogP contribution in [0.15, 0.2) is 109 Å². The van der Waals surface area contributed by atoms with Crippen LogP contribution in [0.2, 0.25) is 0 Å². The van der Waals surface area contributed by atoms with Gasteiger partial charge in [0.05, 0.1) is 11.1 Å². The fraction of sp³-hybridized carbons (Fsp3) is 0.212. The summed E-state index contributed by atoms with van der Waals surface area (Å²) in [5.74, 6) is 0.832. The van der Waals surface area contributed by atoms with Crippen molar-refractivity contribution in [3.63, 3.8) is 0 Å². The Morgan fingerprint density at radius 2 is 0.921 bits per heavy atom. The summed E-state index contributed by atoms with van der Waals surface area (Å²) in [7, 11) is 0. The highest BCUT2D eigenvalue weighted by Crippen LogP contribution is 2.23. The molecule has 4 rings (SSSR count). The molecule has 1 N–H and O–H groups in total. The third-order valence-electron chi connectivity index (χ3n) is 6.20. The fourth-order valence-corrected chi connectivity index (χ4v) is 4.14. The number of aliphatic hydroxyl groups excluding tert-OH is 1. The maximum Gasteiger partial charge on any atom is 0.166 e. The molecule has 5 heteroatoms. The highest BCUT2D eigenvalue weighted by atomic mass is 16.5. The Kier molecular flexibility index (Phi) is 9.82. The van der Waals surface area contributed by atoms with Crippen molar-refractivity contribution in [2.75, 3.05) is 13.2 Å². The number of Topliss-reactive ketones (excluding diaryl/α,β-unsaturated/α-hetero) is 2. The maximum absolute atomic E-state index is 12.8. The monoisotopic (exact) mass is 508 g/mol. The van der Waals surface area contributed by atoms with Crippen LogP contribution in [0, 0.1) is 0 Å². The van der Waals surface area contributed by atoms with E-state index in [4.69, 9.17) is 9.47 Å². The summed E-state index contributed by atoms with van der Waals surface area (Å²) in [6.07, 6.45) is 1.08. The summed E-state index contributed by atoms with van der Waals surface area (Å²) < 4.78 is 11.6. The second-order valence-electron chi connectivity index (χ2n) is 9.09. The molecule has 0 spiro atoms. The van der Waals surface area contributed by atoms with Crippen molar-refractivity contribution in [3.8, 4) is 11.5 Å². The van der Waals surface area contributed by atoms with Crippen LogP contribution in [0.1, 0.15) is 44.7 Å². The topological polar surface area (TPSA) is 72.8 Å². The van der Waals surface area contributed by atoms with Crippen molar-refractivity contribution in [1.82, 2.24) is 0 Å². The molecular formula is C33H32O5. The minimum atomic E-state index is -0.949. The molecular weight excluding hydrogens is 476 g/mol. The van der Waals surface area contributed by atoms with E-state index in [0.29, 0.717) is 48.3 Å². The molecule has 5 nitrogen and oxygen atoms in total. The minimum Gasteiger partial charge on any atom is -0.490 e. The molecule has 4 aromatic rings. The van der Waals surface area contributed by atoms with Crippen molar-refractivity contribution < 1.29 is 24.2 Å². The van der Waals surface area contributed by atoms with Crippen LogP contribution in [0.3, 0.4) is 0 Å². The minimum absolute atomic E-state index is 0.0156. The summed E-state index contributed by atoms with van der Waals surface area (Å²) >= 11 is 0. The van der Waals surface area contributed by atoms with Gasteiger partial charge in [0.2, 0.25) is 0 Å². The van der Waals surface area contributed by atoms with Gasteiger partial charge in [0.1, 0.15) is 30.8 Å². The molecule has 0 bridgehead atoms. The molecule has 4 aromatic carbocycles. The van der Waals surface area contributed by atoms with Crippen molar-refractivity contribution >= 4 is 11.6 Å². The zero-order chi connectivity index (χ0) is 26.6. The van der Waals surface area contributed by atoms with Gasteiger partial charge in [0, 0.05) is 12.8 Å². The van der Waals surface area contributed by atoms with Crippen LogP contribution in [0.4, 0.5) is 0 Å². The van der Waals surface area contributed by atoms with Gasteiger partial charge >= 0.3 is 0 Å². The van der Waals surface area contributed by atoms with Gasteiger partial charge in [-0.3, -0.25) is 9.59 Å². The maximum atomic E-state index is 12.8. The van der Waals surface area contributed by atoms with Gasteiger partial charge in [-0.15, -0.1) is 0 Å². The average molecular weight is 509 g/mol. The van der Waals surface area contributed by atoms with Crippen molar-refractivity contribution in [2.45, 2.75) is 31.8 Å². The SMILES string of the molecule is O=C(CCc1ccccc1)c1ccccc1OCC(O)COc1ccccc1C(=O)CCc1ccccc1. The zero-order valence-corrected chi connectivity index (χ0v) is 21.3. The van der Waals surface area contributed by atoms with E-state index in [1.165, 1.54) is 0 Å². The van der Waals surface area contributed by atoms with E-state index < -0.39 is 6.10 Å². The lowest BCUT2D eigenvalue weighted by Gasteiger charge is -2.16. The summed E-state index contributed by atoms with van der Waals surface area (Å²) in [6, 6.07) is 33.9. The molecule has 0 unspecified atom stereocenters.